The number of nitrogen functional groups attached to an aromatic ring is 1. The summed E-state index contributed by atoms with van der Waals surface area (Å²) in [5.41, 5.74) is 6.23. The second kappa shape index (κ2) is 4.85. The van der Waals surface area contributed by atoms with Gasteiger partial charge in [0.2, 0.25) is 0 Å². The van der Waals surface area contributed by atoms with Crippen LogP contribution in [0.2, 0.25) is 0 Å². The number of carbonyl (C=O) groups is 1. The third-order valence-corrected chi connectivity index (χ3v) is 2.92. The normalized spacial score (nSPS) is 9.86. The van der Waals surface area contributed by atoms with Gasteiger partial charge in [-0.05, 0) is 12.5 Å². The molecule has 0 aliphatic heterocycles. The van der Waals surface area contributed by atoms with Gasteiger partial charge in [-0.2, -0.15) is 0 Å². The maximum atomic E-state index is 11.5. The third-order valence-electron chi connectivity index (χ3n) is 1.75. The van der Waals surface area contributed by atoms with Gasteiger partial charge in [0.25, 0.3) is 5.91 Å². The van der Waals surface area contributed by atoms with Crippen LogP contribution < -0.4 is 16.4 Å². The molecule has 0 aromatic carbocycles. The Balaban J connectivity index is 2.73. The van der Waals surface area contributed by atoms with Crippen molar-refractivity contribution in [2.75, 3.05) is 24.6 Å². The molecule has 0 radical (unpaired) electrons. The molecule has 5 heteroatoms. The number of nitrogens with two attached hydrogens (primary N) is 1. The Kier molecular flexibility index (Phi) is 3.76. The predicted octanol–water partition coefficient (Wildman–Crippen LogP) is 1.51. The van der Waals surface area contributed by atoms with Crippen molar-refractivity contribution in [3.8, 4) is 0 Å². The van der Waals surface area contributed by atoms with Crippen molar-refractivity contribution in [1.29, 1.82) is 0 Å². The van der Waals surface area contributed by atoms with Gasteiger partial charge in [-0.25, -0.2) is 0 Å². The summed E-state index contributed by atoms with van der Waals surface area (Å²) >= 11 is 1.37. The molecule has 4 N–H and O–H groups in total. The zero-order chi connectivity index (χ0) is 10.6. The number of rotatable bonds is 4. The number of nitrogens with one attached hydrogen (secondary N) is 2. The Hall–Kier alpha value is -1.23. The lowest BCUT2D eigenvalue weighted by Crippen LogP contribution is -2.23. The quantitative estimate of drug-likeness (QED) is 0.710. The fourth-order valence-electron chi connectivity index (χ4n) is 1.02. The summed E-state index contributed by atoms with van der Waals surface area (Å²) in [6, 6.07) is 1.77. The largest absolute Gasteiger partial charge is 0.397 e. The van der Waals surface area contributed by atoms with E-state index in [0.29, 0.717) is 17.1 Å². The number of hydrogen-bond acceptors (Lipinski definition) is 4. The summed E-state index contributed by atoms with van der Waals surface area (Å²) in [7, 11) is 1.80. The molecule has 0 unspecified atom stereocenters. The van der Waals surface area contributed by atoms with Crippen molar-refractivity contribution in [3.05, 3.63) is 10.9 Å². The zero-order valence-electron chi connectivity index (χ0n) is 8.39. The minimum Gasteiger partial charge on any atom is -0.397 e. The first-order valence-corrected chi connectivity index (χ1v) is 5.36. The summed E-state index contributed by atoms with van der Waals surface area (Å²) in [5, 5.41) is 6.65. The van der Waals surface area contributed by atoms with Crippen molar-refractivity contribution in [2.45, 2.75) is 13.3 Å². The van der Waals surface area contributed by atoms with Crippen molar-refractivity contribution in [3.63, 3.8) is 0 Å². The molecule has 1 aromatic rings. The molecule has 4 nitrogen and oxygen atoms in total. The number of hydrogen-bond donors (Lipinski definition) is 3. The van der Waals surface area contributed by atoms with E-state index < -0.39 is 0 Å². The number of carbonyl (C=O) groups excluding carboxylic acids is 1. The number of anilines is 2. The van der Waals surface area contributed by atoms with Gasteiger partial charge in [-0.3, -0.25) is 4.79 Å². The average Bonchev–Trinajstić information content (AvgIpc) is 2.56. The van der Waals surface area contributed by atoms with Crippen LogP contribution in [-0.4, -0.2) is 19.5 Å². The van der Waals surface area contributed by atoms with Gasteiger partial charge in [-0.15, -0.1) is 11.3 Å². The smallest absolute Gasteiger partial charge is 0.263 e. The van der Waals surface area contributed by atoms with Crippen LogP contribution in [-0.2, 0) is 0 Å². The van der Waals surface area contributed by atoms with Crippen LogP contribution in [0, 0.1) is 0 Å². The number of thiophene rings is 1. The average molecular weight is 213 g/mol. The van der Waals surface area contributed by atoms with Gasteiger partial charge >= 0.3 is 0 Å². The fourth-order valence-corrected chi connectivity index (χ4v) is 1.87. The van der Waals surface area contributed by atoms with Gasteiger partial charge in [0, 0.05) is 13.6 Å². The molecule has 1 rings (SSSR count). The van der Waals surface area contributed by atoms with Crippen LogP contribution in [0.3, 0.4) is 0 Å². The van der Waals surface area contributed by atoms with E-state index in [0.717, 1.165) is 11.4 Å². The SMILES string of the molecule is CCCNC(=O)c1sc(NC)cc1N. The molecular formula is C9H15N3OS. The summed E-state index contributed by atoms with van der Waals surface area (Å²) in [4.78, 5) is 12.1. The molecule has 14 heavy (non-hydrogen) atoms. The number of amides is 1. The second-order valence-electron chi connectivity index (χ2n) is 2.90. The molecule has 0 aliphatic rings. The fraction of sp³-hybridized carbons (Fsp3) is 0.444. The highest BCUT2D eigenvalue weighted by atomic mass is 32.1. The molecule has 1 heterocycles. The Morgan fingerprint density at radius 2 is 2.36 bits per heavy atom. The topological polar surface area (TPSA) is 67.2 Å². The lowest BCUT2D eigenvalue weighted by Gasteiger charge is -2.00. The molecule has 0 aliphatic carbocycles. The molecule has 0 fully saturated rings. The standard InChI is InChI=1S/C9H15N3OS/c1-3-4-12-9(13)8-6(10)5-7(11-2)14-8/h5,11H,3-4,10H2,1-2H3,(H,12,13). The molecule has 1 aromatic heterocycles. The van der Waals surface area contributed by atoms with Gasteiger partial charge in [-0.1, -0.05) is 6.92 Å². The lowest BCUT2D eigenvalue weighted by atomic mass is 10.3. The minimum absolute atomic E-state index is 0.0872. The van der Waals surface area contributed by atoms with Gasteiger partial charge < -0.3 is 16.4 Å². The first-order valence-electron chi connectivity index (χ1n) is 4.54. The predicted molar refractivity (Wildman–Crippen MR) is 60.9 cm³/mol. The van der Waals surface area contributed by atoms with Crippen LogP contribution in [0.1, 0.15) is 23.0 Å². The van der Waals surface area contributed by atoms with Crippen molar-refractivity contribution in [1.82, 2.24) is 5.32 Å². The van der Waals surface area contributed by atoms with Crippen LogP contribution >= 0.6 is 11.3 Å². The second-order valence-corrected chi connectivity index (χ2v) is 3.95. The van der Waals surface area contributed by atoms with Crippen LogP contribution in [0.4, 0.5) is 10.7 Å². The van der Waals surface area contributed by atoms with Crippen LogP contribution in [0.25, 0.3) is 0 Å². The molecular weight excluding hydrogens is 198 g/mol. The van der Waals surface area contributed by atoms with E-state index in [4.69, 9.17) is 5.73 Å². The Morgan fingerprint density at radius 1 is 1.64 bits per heavy atom. The van der Waals surface area contributed by atoms with E-state index in [1.165, 1.54) is 11.3 Å². The Labute approximate surface area is 87.5 Å². The van der Waals surface area contributed by atoms with Gasteiger partial charge in [0.1, 0.15) is 4.88 Å². The van der Waals surface area contributed by atoms with Crippen molar-refractivity contribution >= 4 is 27.9 Å². The van der Waals surface area contributed by atoms with E-state index in [1.54, 1.807) is 13.1 Å². The highest BCUT2D eigenvalue weighted by molar-refractivity contribution is 7.18. The van der Waals surface area contributed by atoms with Gasteiger partial charge in [0.15, 0.2) is 0 Å². The monoisotopic (exact) mass is 213 g/mol. The van der Waals surface area contributed by atoms with Crippen molar-refractivity contribution < 1.29 is 4.79 Å². The van der Waals surface area contributed by atoms with E-state index >= 15 is 0 Å². The molecule has 0 spiro atoms. The van der Waals surface area contributed by atoms with E-state index in [2.05, 4.69) is 10.6 Å². The molecule has 1 amide bonds. The van der Waals surface area contributed by atoms with E-state index in [1.807, 2.05) is 6.92 Å². The Bertz CT molecular complexity index is 322. The maximum absolute atomic E-state index is 11.5. The van der Waals surface area contributed by atoms with E-state index in [-0.39, 0.29) is 5.91 Å². The maximum Gasteiger partial charge on any atom is 0.263 e. The van der Waals surface area contributed by atoms with Crippen molar-refractivity contribution in [2.24, 2.45) is 0 Å². The summed E-state index contributed by atoms with van der Waals surface area (Å²) in [6.07, 6.45) is 0.926. The first-order chi connectivity index (χ1) is 6.69. The van der Waals surface area contributed by atoms with Gasteiger partial charge in [0.05, 0.1) is 10.7 Å². The highest BCUT2D eigenvalue weighted by Gasteiger charge is 2.12. The van der Waals surface area contributed by atoms with E-state index in [9.17, 15) is 4.79 Å². The molecule has 0 saturated heterocycles. The molecule has 78 valence electrons. The molecule has 0 saturated carbocycles. The summed E-state index contributed by atoms with van der Waals surface area (Å²) < 4.78 is 0. The lowest BCUT2D eigenvalue weighted by molar-refractivity contribution is 0.0958. The third kappa shape index (κ3) is 2.38. The molecule has 0 atom stereocenters. The van der Waals surface area contributed by atoms with Crippen LogP contribution in [0.15, 0.2) is 6.07 Å². The summed E-state index contributed by atoms with van der Waals surface area (Å²) in [5.74, 6) is -0.0872. The zero-order valence-corrected chi connectivity index (χ0v) is 9.20. The Morgan fingerprint density at radius 3 is 2.86 bits per heavy atom. The summed E-state index contributed by atoms with van der Waals surface area (Å²) in [6.45, 7) is 2.70. The molecule has 0 bridgehead atoms. The highest BCUT2D eigenvalue weighted by Crippen LogP contribution is 2.28. The first kappa shape index (κ1) is 10.8. The minimum atomic E-state index is -0.0872. The van der Waals surface area contributed by atoms with Crippen LogP contribution in [0.5, 0.6) is 0 Å².